The topological polar surface area (TPSA) is 96.7 Å². The van der Waals surface area contributed by atoms with Crippen molar-refractivity contribution >= 4 is 28.3 Å². The Hall–Kier alpha value is -2.66. The van der Waals surface area contributed by atoms with E-state index in [-0.39, 0.29) is 21.9 Å². The SMILES string of the molecule is Nc1ccc2oc(-c3ccc(O)c(Cl)c3)c(O)c(=O)c2c1. The first-order valence-corrected chi connectivity index (χ1v) is 6.39. The van der Waals surface area contributed by atoms with Crippen LogP contribution < -0.4 is 11.2 Å². The third-order valence-electron chi connectivity index (χ3n) is 3.10. The van der Waals surface area contributed by atoms with Crippen molar-refractivity contribution in [3.63, 3.8) is 0 Å². The van der Waals surface area contributed by atoms with E-state index < -0.39 is 11.2 Å². The number of fused-ring (bicyclic) bond motifs is 1. The summed E-state index contributed by atoms with van der Waals surface area (Å²) in [5.74, 6) is -0.648. The molecule has 0 amide bonds. The summed E-state index contributed by atoms with van der Waals surface area (Å²) in [6, 6.07) is 8.83. The summed E-state index contributed by atoms with van der Waals surface area (Å²) < 4.78 is 5.56. The van der Waals surface area contributed by atoms with Crippen molar-refractivity contribution in [3.05, 3.63) is 51.6 Å². The van der Waals surface area contributed by atoms with Crippen LogP contribution in [-0.2, 0) is 0 Å². The zero-order valence-corrected chi connectivity index (χ0v) is 11.4. The van der Waals surface area contributed by atoms with E-state index in [0.29, 0.717) is 16.8 Å². The van der Waals surface area contributed by atoms with Gasteiger partial charge in [-0.25, -0.2) is 0 Å². The van der Waals surface area contributed by atoms with Crippen molar-refractivity contribution in [2.24, 2.45) is 0 Å². The number of anilines is 1. The molecule has 0 saturated carbocycles. The van der Waals surface area contributed by atoms with Crippen molar-refractivity contribution in [2.75, 3.05) is 5.73 Å². The number of halogens is 1. The van der Waals surface area contributed by atoms with E-state index in [0.717, 1.165) is 0 Å². The maximum atomic E-state index is 12.2. The third-order valence-corrected chi connectivity index (χ3v) is 3.40. The van der Waals surface area contributed by atoms with Gasteiger partial charge in [0.2, 0.25) is 11.2 Å². The quantitative estimate of drug-likeness (QED) is 0.600. The molecule has 21 heavy (non-hydrogen) atoms. The Balaban J connectivity index is 2.33. The van der Waals surface area contributed by atoms with Crippen molar-refractivity contribution in [1.29, 1.82) is 0 Å². The van der Waals surface area contributed by atoms with Gasteiger partial charge in [-0.05, 0) is 36.4 Å². The Kier molecular flexibility index (Phi) is 2.99. The molecule has 0 radical (unpaired) electrons. The minimum atomic E-state index is -0.581. The van der Waals surface area contributed by atoms with Crippen LogP contribution in [0.5, 0.6) is 11.5 Å². The van der Waals surface area contributed by atoms with Gasteiger partial charge in [0.25, 0.3) is 0 Å². The summed E-state index contributed by atoms with van der Waals surface area (Å²) >= 11 is 5.83. The smallest absolute Gasteiger partial charge is 0.235 e. The number of hydrogen-bond donors (Lipinski definition) is 3. The predicted octanol–water partition coefficient (Wildman–Crippen LogP) is 3.11. The minimum absolute atomic E-state index is 0.0147. The molecule has 0 bridgehead atoms. The standard InChI is InChI=1S/C15H10ClNO4/c16-10-5-7(1-3-11(10)18)15-14(20)13(19)9-6-8(17)2-4-12(9)21-15/h1-6,18,20H,17H2. The molecule has 0 spiro atoms. The molecule has 3 aromatic rings. The normalized spacial score (nSPS) is 10.9. The van der Waals surface area contributed by atoms with Crippen molar-refractivity contribution < 1.29 is 14.6 Å². The van der Waals surface area contributed by atoms with Crippen LogP contribution in [-0.4, -0.2) is 10.2 Å². The van der Waals surface area contributed by atoms with Gasteiger partial charge in [0.05, 0.1) is 10.4 Å². The van der Waals surface area contributed by atoms with Crippen LogP contribution in [0.3, 0.4) is 0 Å². The number of nitrogen functional groups attached to an aromatic ring is 1. The van der Waals surface area contributed by atoms with E-state index in [4.69, 9.17) is 21.8 Å². The molecule has 6 heteroatoms. The first kappa shape index (κ1) is 13.3. The minimum Gasteiger partial charge on any atom is -0.506 e. The molecule has 5 nitrogen and oxygen atoms in total. The van der Waals surface area contributed by atoms with Crippen LogP contribution >= 0.6 is 11.6 Å². The fraction of sp³-hybridized carbons (Fsp3) is 0. The number of benzene rings is 2. The molecule has 0 unspecified atom stereocenters. The zero-order chi connectivity index (χ0) is 15.1. The largest absolute Gasteiger partial charge is 0.506 e. The molecule has 3 rings (SSSR count). The fourth-order valence-corrected chi connectivity index (χ4v) is 2.23. The molecule has 0 aliphatic heterocycles. The van der Waals surface area contributed by atoms with E-state index in [9.17, 15) is 15.0 Å². The zero-order valence-electron chi connectivity index (χ0n) is 10.6. The monoisotopic (exact) mass is 303 g/mol. The molecule has 0 aliphatic rings. The van der Waals surface area contributed by atoms with Gasteiger partial charge in [-0.1, -0.05) is 11.6 Å². The lowest BCUT2D eigenvalue weighted by atomic mass is 10.1. The van der Waals surface area contributed by atoms with Crippen molar-refractivity contribution in [2.45, 2.75) is 0 Å². The van der Waals surface area contributed by atoms with Crippen molar-refractivity contribution in [3.8, 4) is 22.8 Å². The van der Waals surface area contributed by atoms with Gasteiger partial charge < -0.3 is 20.4 Å². The van der Waals surface area contributed by atoms with Gasteiger partial charge in [0.1, 0.15) is 11.3 Å². The summed E-state index contributed by atoms with van der Waals surface area (Å²) in [6.07, 6.45) is 0. The average Bonchev–Trinajstić information content (AvgIpc) is 2.46. The van der Waals surface area contributed by atoms with Gasteiger partial charge in [0, 0.05) is 11.3 Å². The molecule has 1 aromatic heterocycles. The van der Waals surface area contributed by atoms with Crippen LogP contribution in [0.15, 0.2) is 45.6 Å². The van der Waals surface area contributed by atoms with Gasteiger partial charge in [-0.15, -0.1) is 0 Å². The molecule has 0 aliphatic carbocycles. The van der Waals surface area contributed by atoms with Gasteiger partial charge in [-0.3, -0.25) is 4.79 Å². The summed E-state index contributed by atoms with van der Waals surface area (Å²) in [5, 5.41) is 19.7. The van der Waals surface area contributed by atoms with E-state index in [1.807, 2.05) is 0 Å². The molecule has 106 valence electrons. The summed E-state index contributed by atoms with van der Waals surface area (Å²) in [7, 11) is 0. The number of phenolic OH excluding ortho intramolecular Hbond substituents is 1. The Morgan fingerprint density at radius 2 is 1.86 bits per heavy atom. The van der Waals surface area contributed by atoms with Gasteiger partial charge in [-0.2, -0.15) is 0 Å². The molecule has 0 fully saturated rings. The molecule has 0 atom stereocenters. The molecule has 0 saturated heterocycles. The highest BCUT2D eigenvalue weighted by Crippen LogP contribution is 2.34. The fourth-order valence-electron chi connectivity index (χ4n) is 2.05. The van der Waals surface area contributed by atoms with E-state index in [1.54, 1.807) is 12.1 Å². The number of nitrogens with two attached hydrogens (primary N) is 1. The maximum Gasteiger partial charge on any atom is 0.235 e. The lowest BCUT2D eigenvalue weighted by molar-refractivity contribution is 0.449. The first-order valence-electron chi connectivity index (χ1n) is 6.01. The number of hydrogen-bond acceptors (Lipinski definition) is 5. The lowest BCUT2D eigenvalue weighted by Gasteiger charge is -2.07. The van der Waals surface area contributed by atoms with E-state index in [2.05, 4.69) is 0 Å². The Morgan fingerprint density at radius 3 is 2.57 bits per heavy atom. The van der Waals surface area contributed by atoms with Gasteiger partial charge >= 0.3 is 0 Å². The Bertz CT molecular complexity index is 917. The lowest BCUT2D eigenvalue weighted by Crippen LogP contribution is -2.03. The second-order valence-corrected chi connectivity index (χ2v) is 4.94. The molecule has 1 heterocycles. The van der Waals surface area contributed by atoms with E-state index in [1.165, 1.54) is 24.3 Å². The van der Waals surface area contributed by atoms with Crippen LogP contribution in [0.1, 0.15) is 0 Å². The van der Waals surface area contributed by atoms with Crippen molar-refractivity contribution in [1.82, 2.24) is 0 Å². The highest BCUT2D eigenvalue weighted by molar-refractivity contribution is 6.32. The number of phenols is 1. The molecular formula is C15H10ClNO4. The second-order valence-electron chi connectivity index (χ2n) is 4.53. The number of aromatic hydroxyl groups is 2. The first-order chi connectivity index (χ1) is 9.97. The summed E-state index contributed by atoms with van der Waals surface area (Å²) in [6.45, 7) is 0. The number of rotatable bonds is 1. The molecule has 4 N–H and O–H groups in total. The predicted molar refractivity (Wildman–Crippen MR) is 80.7 cm³/mol. The highest BCUT2D eigenvalue weighted by atomic mass is 35.5. The summed E-state index contributed by atoms with van der Waals surface area (Å²) in [4.78, 5) is 12.2. The van der Waals surface area contributed by atoms with Crippen LogP contribution in [0.2, 0.25) is 5.02 Å². The Morgan fingerprint density at radius 1 is 1.10 bits per heavy atom. The average molecular weight is 304 g/mol. The van der Waals surface area contributed by atoms with Crippen LogP contribution in [0, 0.1) is 0 Å². The van der Waals surface area contributed by atoms with E-state index >= 15 is 0 Å². The maximum absolute atomic E-state index is 12.2. The highest BCUT2D eigenvalue weighted by Gasteiger charge is 2.16. The summed E-state index contributed by atoms with van der Waals surface area (Å²) in [5.41, 5.74) is 6.12. The second kappa shape index (κ2) is 4.71. The molecular weight excluding hydrogens is 294 g/mol. The molecule has 2 aromatic carbocycles. The van der Waals surface area contributed by atoms with Gasteiger partial charge in [0.15, 0.2) is 5.76 Å². The van der Waals surface area contributed by atoms with Crippen LogP contribution in [0.25, 0.3) is 22.3 Å². The third kappa shape index (κ3) is 2.17. The van der Waals surface area contributed by atoms with Crippen LogP contribution in [0.4, 0.5) is 5.69 Å². The Labute approximate surface area is 123 Å².